The molecule has 6 rings (SSSR count). The number of carbonyl (C=O) groups is 5. The number of anilines is 3. The fourth-order valence-electron chi connectivity index (χ4n) is 7.01. The van der Waals surface area contributed by atoms with Crippen molar-refractivity contribution in [3.8, 4) is 11.5 Å². The van der Waals surface area contributed by atoms with Gasteiger partial charge in [0, 0.05) is 58.9 Å². The van der Waals surface area contributed by atoms with Gasteiger partial charge in [-0.2, -0.15) is 0 Å². The van der Waals surface area contributed by atoms with Crippen molar-refractivity contribution in [3.05, 3.63) is 119 Å². The molecule has 0 spiro atoms. The van der Waals surface area contributed by atoms with Gasteiger partial charge in [-0.3, -0.25) is 24.0 Å². The summed E-state index contributed by atoms with van der Waals surface area (Å²) in [5.74, 6) is -5.30. The first-order valence-corrected chi connectivity index (χ1v) is 18.6. The molecule has 0 atom stereocenters. The van der Waals surface area contributed by atoms with Crippen molar-refractivity contribution in [2.75, 3.05) is 54.5 Å². The number of nitrogens with zero attached hydrogens (tertiary/aromatic N) is 4. The van der Waals surface area contributed by atoms with Crippen molar-refractivity contribution in [1.29, 1.82) is 0 Å². The smallest absolute Gasteiger partial charge is 0.490 e. The van der Waals surface area contributed by atoms with Gasteiger partial charge in [-0.25, -0.2) is 0 Å². The summed E-state index contributed by atoms with van der Waals surface area (Å²) in [5.41, 5.74) is 3.56. The highest BCUT2D eigenvalue weighted by atomic mass is 19.2. The minimum absolute atomic E-state index is 0.0101. The Hall–Kier alpha value is -7.44. The molecule has 16 nitrogen and oxygen atoms in total. The first kappa shape index (κ1) is 42.2. The summed E-state index contributed by atoms with van der Waals surface area (Å²) in [6, 6.07) is 20.9. The van der Waals surface area contributed by atoms with Crippen LogP contribution in [-0.2, 0) is 30.4 Å². The van der Waals surface area contributed by atoms with E-state index in [1.165, 1.54) is 36.5 Å². The quantitative estimate of drug-likeness (QED) is 0.0615. The summed E-state index contributed by atoms with van der Waals surface area (Å²) in [5, 5.41) is 40.2. The third kappa shape index (κ3) is 9.98. The molecule has 60 heavy (non-hydrogen) atoms. The Kier molecular flexibility index (Phi) is 12.7. The second-order valence-corrected chi connectivity index (χ2v) is 14.0. The molecule has 0 unspecified atom stereocenters. The predicted octanol–water partition coefficient (Wildman–Crippen LogP) is 4.51. The van der Waals surface area contributed by atoms with Gasteiger partial charge in [0.2, 0.25) is 5.91 Å². The number of allylic oxidation sites excluding steroid dienone is 2. The van der Waals surface area contributed by atoms with Crippen LogP contribution in [0.25, 0.3) is 6.08 Å². The van der Waals surface area contributed by atoms with Gasteiger partial charge in [0.25, 0.3) is 0 Å². The summed E-state index contributed by atoms with van der Waals surface area (Å²) in [6.07, 6.45) is 4.84. The minimum Gasteiger partial charge on any atom is -0.490 e. The normalized spacial score (nSPS) is 13.7. The van der Waals surface area contributed by atoms with E-state index in [2.05, 4.69) is 5.32 Å². The molecule has 0 bridgehead atoms. The molecule has 0 saturated heterocycles. The molecular formula is C41H40BF2N5O11. The number of aliphatic carboxylic acids is 4. The first-order chi connectivity index (χ1) is 28.6. The number of fused-ring (bicyclic) bond motifs is 2. The molecule has 312 valence electrons. The zero-order valence-corrected chi connectivity index (χ0v) is 32.2. The Morgan fingerprint density at radius 2 is 1.42 bits per heavy atom. The van der Waals surface area contributed by atoms with Gasteiger partial charge < -0.3 is 62.6 Å². The Bertz CT molecular complexity index is 2400. The number of ether oxygens (including phenoxy) is 2. The fourth-order valence-corrected chi connectivity index (χ4v) is 7.01. The van der Waals surface area contributed by atoms with Crippen molar-refractivity contribution < 1.29 is 67.0 Å². The lowest BCUT2D eigenvalue weighted by atomic mass is 9.90. The van der Waals surface area contributed by atoms with Gasteiger partial charge in [-0.1, -0.05) is 24.3 Å². The third-order valence-corrected chi connectivity index (χ3v) is 9.53. The van der Waals surface area contributed by atoms with E-state index >= 15 is 8.63 Å². The Morgan fingerprint density at radius 3 is 2.08 bits per heavy atom. The number of carboxylic acid groups (broad SMARTS) is 4. The van der Waals surface area contributed by atoms with Gasteiger partial charge in [0.05, 0.1) is 5.69 Å². The SMILES string of the molecule is CC1=CC(c2ccccc2)=[N+]2C1=Cc1cc(CCC(=O)Nc3ccc(N(CC(=O)O)CC(=O)O)c(OCCOc4cccc(N(CC(=O)O)CC(=O)O)c4)c3)cn1[B-]2(F)F. The minimum atomic E-state index is -4.26. The van der Waals surface area contributed by atoms with E-state index in [-0.39, 0.29) is 54.6 Å². The molecule has 0 aliphatic carbocycles. The topological polar surface area (TPSA) is 211 Å². The summed E-state index contributed by atoms with van der Waals surface area (Å²) in [7, 11) is 0. The van der Waals surface area contributed by atoms with E-state index in [9.17, 15) is 44.4 Å². The maximum Gasteiger partial charge on any atom is 0.737 e. The number of amides is 1. The molecular weight excluding hydrogens is 787 g/mol. The molecule has 5 N–H and O–H groups in total. The molecule has 0 fully saturated rings. The molecule has 1 aromatic heterocycles. The van der Waals surface area contributed by atoms with Crippen LogP contribution in [-0.4, -0.2) is 111 Å². The van der Waals surface area contributed by atoms with Gasteiger partial charge in [0.15, 0.2) is 11.4 Å². The summed E-state index contributed by atoms with van der Waals surface area (Å²) in [6.45, 7) is -5.31. The lowest BCUT2D eigenvalue weighted by Gasteiger charge is -2.29. The Balaban J connectivity index is 1.14. The second kappa shape index (κ2) is 18.0. The fraction of sp³-hybridized carbons (Fsp3) is 0.220. The van der Waals surface area contributed by atoms with E-state index in [4.69, 9.17) is 9.47 Å². The van der Waals surface area contributed by atoms with Crippen LogP contribution in [0.5, 0.6) is 11.5 Å². The van der Waals surface area contributed by atoms with Crippen molar-refractivity contribution in [2.24, 2.45) is 0 Å². The Labute approximate surface area is 341 Å². The van der Waals surface area contributed by atoms with Crippen LogP contribution in [0.2, 0.25) is 0 Å². The molecule has 2 aliphatic rings. The van der Waals surface area contributed by atoms with Crippen molar-refractivity contribution in [1.82, 2.24) is 4.48 Å². The van der Waals surface area contributed by atoms with Gasteiger partial charge in [-0.05, 0) is 67.6 Å². The number of hydrogen-bond donors (Lipinski definition) is 5. The van der Waals surface area contributed by atoms with Crippen LogP contribution < -0.4 is 24.6 Å². The number of hydrogen-bond acceptors (Lipinski definition) is 9. The van der Waals surface area contributed by atoms with Crippen molar-refractivity contribution >= 4 is 65.6 Å². The van der Waals surface area contributed by atoms with Gasteiger partial charge in [0.1, 0.15) is 50.9 Å². The van der Waals surface area contributed by atoms with E-state index < -0.39 is 62.9 Å². The van der Waals surface area contributed by atoms with Gasteiger partial charge >= 0.3 is 30.8 Å². The zero-order valence-electron chi connectivity index (χ0n) is 32.2. The molecule has 3 heterocycles. The van der Waals surface area contributed by atoms with Crippen molar-refractivity contribution in [2.45, 2.75) is 19.8 Å². The van der Waals surface area contributed by atoms with E-state index in [0.717, 1.165) is 18.8 Å². The number of carboxylic acids is 4. The van der Waals surface area contributed by atoms with Crippen LogP contribution in [0.3, 0.4) is 0 Å². The maximum atomic E-state index is 16.2. The number of rotatable bonds is 20. The van der Waals surface area contributed by atoms with E-state index in [0.29, 0.717) is 33.8 Å². The molecule has 19 heteroatoms. The molecule has 0 saturated carbocycles. The summed E-state index contributed by atoms with van der Waals surface area (Å²) < 4.78 is 46.1. The lowest BCUT2D eigenvalue weighted by molar-refractivity contribution is -0.361. The second-order valence-electron chi connectivity index (χ2n) is 14.0. The predicted molar refractivity (Wildman–Crippen MR) is 216 cm³/mol. The lowest BCUT2D eigenvalue weighted by Crippen LogP contribution is -2.50. The molecule has 4 aromatic rings. The van der Waals surface area contributed by atoms with Crippen LogP contribution >= 0.6 is 0 Å². The van der Waals surface area contributed by atoms with Crippen LogP contribution in [0.1, 0.15) is 30.2 Å². The highest BCUT2D eigenvalue weighted by molar-refractivity contribution is 6.58. The molecule has 2 aliphatic heterocycles. The highest BCUT2D eigenvalue weighted by Gasteiger charge is 2.53. The number of aromatic nitrogens is 1. The van der Waals surface area contributed by atoms with E-state index in [1.807, 2.05) is 6.07 Å². The van der Waals surface area contributed by atoms with Crippen LogP contribution in [0, 0.1) is 0 Å². The maximum absolute atomic E-state index is 16.2. The molecule has 3 aromatic carbocycles. The summed E-state index contributed by atoms with van der Waals surface area (Å²) in [4.78, 5) is 61.3. The number of carbonyl (C=O) groups excluding carboxylic acids is 1. The largest absolute Gasteiger partial charge is 0.737 e. The summed E-state index contributed by atoms with van der Waals surface area (Å²) >= 11 is 0. The van der Waals surface area contributed by atoms with Crippen LogP contribution in [0.4, 0.5) is 25.7 Å². The number of benzene rings is 3. The number of halogens is 2. The number of aryl methyl sites for hydroxylation is 1. The number of nitrogens with one attached hydrogen (secondary N) is 1. The van der Waals surface area contributed by atoms with Gasteiger partial charge in [-0.15, -0.1) is 0 Å². The molecule has 0 radical (unpaired) electrons. The van der Waals surface area contributed by atoms with Crippen LogP contribution in [0.15, 0.2) is 102 Å². The van der Waals surface area contributed by atoms with Crippen molar-refractivity contribution in [3.63, 3.8) is 0 Å². The molecule has 1 amide bonds. The standard InChI is InChI=1S/C41H40BF2N5O11/c1-26-16-35(28-6-3-2-4-7-28)49-34(26)20-31-17-27(21-48(31)42(49,43)44)10-13-37(50)45-29-11-12-33(47(24-40(55)56)25-41(57)58)36(18-29)60-15-14-59-32-9-5-8-30(19-32)46(22-38(51)52)23-39(53)54/h2-9,11-12,16-21H,10,13-15,22-25H2,1H3,(H,45,50)(H,51,52)(H,53,54)(H,55,56)(H,57,58). The highest BCUT2D eigenvalue weighted by Crippen LogP contribution is 2.36. The zero-order chi connectivity index (χ0) is 43.1. The first-order valence-electron chi connectivity index (χ1n) is 18.6. The average Bonchev–Trinajstić information content (AvgIpc) is 3.77. The monoisotopic (exact) mass is 827 g/mol. The Morgan fingerprint density at radius 1 is 0.767 bits per heavy atom. The third-order valence-electron chi connectivity index (χ3n) is 9.53. The average molecular weight is 828 g/mol. The van der Waals surface area contributed by atoms with E-state index in [1.54, 1.807) is 61.5 Å².